The number of benzene rings is 1. The average Bonchev–Trinajstić information content (AvgIpc) is 2.20. The van der Waals surface area contributed by atoms with E-state index in [2.05, 4.69) is 5.32 Å². The van der Waals surface area contributed by atoms with Crippen LogP contribution in [0.2, 0.25) is 0 Å². The van der Waals surface area contributed by atoms with E-state index in [-0.39, 0.29) is 12.4 Å². The number of methoxy groups -OCH3 is 1. The van der Waals surface area contributed by atoms with Crippen LogP contribution in [0.5, 0.6) is 11.5 Å². The van der Waals surface area contributed by atoms with E-state index in [1.54, 1.807) is 26.2 Å². The summed E-state index contributed by atoms with van der Waals surface area (Å²) in [6.45, 7) is 2.26. The number of phenolic OH excluding ortho intramolecular Hbond substituents is 1. The lowest BCUT2D eigenvalue weighted by Gasteiger charge is -2.13. The number of aromatic hydroxyl groups is 1. The standard InChI is InChI=1S/C10H15NO3/c1-7-8(13)3-4-9(14-2)10(7)11-5-6-12/h3-4,11-13H,5-6H2,1-2H3. The second-order valence-corrected chi connectivity index (χ2v) is 2.94. The Balaban J connectivity index is 3.01. The highest BCUT2D eigenvalue weighted by Crippen LogP contribution is 2.33. The number of aliphatic hydroxyl groups is 1. The van der Waals surface area contributed by atoms with Crippen molar-refractivity contribution in [3.05, 3.63) is 17.7 Å². The molecule has 0 unspecified atom stereocenters. The Labute approximate surface area is 83.1 Å². The summed E-state index contributed by atoms with van der Waals surface area (Å²) in [7, 11) is 1.57. The van der Waals surface area contributed by atoms with Crippen LogP contribution in [-0.2, 0) is 0 Å². The Bertz CT molecular complexity index is 312. The molecule has 4 nitrogen and oxygen atoms in total. The Morgan fingerprint density at radius 3 is 2.71 bits per heavy atom. The third kappa shape index (κ3) is 2.09. The highest BCUT2D eigenvalue weighted by atomic mass is 16.5. The van der Waals surface area contributed by atoms with Crippen molar-refractivity contribution in [2.24, 2.45) is 0 Å². The summed E-state index contributed by atoms with van der Waals surface area (Å²) in [6, 6.07) is 3.26. The van der Waals surface area contributed by atoms with Crippen molar-refractivity contribution in [2.45, 2.75) is 6.92 Å². The lowest BCUT2D eigenvalue weighted by Crippen LogP contribution is -2.08. The fourth-order valence-electron chi connectivity index (χ4n) is 1.25. The SMILES string of the molecule is COc1ccc(O)c(C)c1NCCO. The molecule has 14 heavy (non-hydrogen) atoms. The van der Waals surface area contributed by atoms with E-state index in [1.807, 2.05) is 0 Å². The molecule has 0 saturated heterocycles. The van der Waals surface area contributed by atoms with Crippen LogP contribution in [0.1, 0.15) is 5.56 Å². The first-order valence-corrected chi connectivity index (χ1v) is 4.42. The first kappa shape index (κ1) is 10.7. The molecule has 0 radical (unpaired) electrons. The Morgan fingerprint density at radius 1 is 1.43 bits per heavy atom. The van der Waals surface area contributed by atoms with Gasteiger partial charge in [0.15, 0.2) is 0 Å². The second kappa shape index (κ2) is 4.72. The van der Waals surface area contributed by atoms with Gasteiger partial charge < -0.3 is 20.3 Å². The van der Waals surface area contributed by atoms with Gasteiger partial charge in [-0.15, -0.1) is 0 Å². The van der Waals surface area contributed by atoms with Crippen molar-refractivity contribution in [1.82, 2.24) is 0 Å². The van der Waals surface area contributed by atoms with Gasteiger partial charge in [-0.1, -0.05) is 0 Å². The van der Waals surface area contributed by atoms with Crippen molar-refractivity contribution < 1.29 is 14.9 Å². The number of rotatable bonds is 4. The predicted molar refractivity (Wildman–Crippen MR) is 55.0 cm³/mol. The molecule has 0 aliphatic carbocycles. The average molecular weight is 197 g/mol. The third-order valence-corrected chi connectivity index (χ3v) is 2.03. The third-order valence-electron chi connectivity index (χ3n) is 2.03. The Hall–Kier alpha value is -1.42. The quantitative estimate of drug-likeness (QED) is 0.676. The summed E-state index contributed by atoms with van der Waals surface area (Å²) in [5, 5.41) is 21.1. The van der Waals surface area contributed by atoms with Crippen molar-refractivity contribution >= 4 is 5.69 Å². The largest absolute Gasteiger partial charge is 0.508 e. The van der Waals surface area contributed by atoms with Crippen molar-refractivity contribution in [2.75, 3.05) is 25.6 Å². The molecule has 1 aromatic rings. The molecule has 0 aromatic heterocycles. The molecule has 1 rings (SSSR count). The first-order chi connectivity index (χ1) is 6.70. The van der Waals surface area contributed by atoms with Crippen LogP contribution in [0.25, 0.3) is 0 Å². The minimum Gasteiger partial charge on any atom is -0.508 e. The summed E-state index contributed by atoms with van der Waals surface area (Å²) < 4.78 is 5.12. The van der Waals surface area contributed by atoms with E-state index in [0.717, 1.165) is 11.3 Å². The van der Waals surface area contributed by atoms with Crippen molar-refractivity contribution in [3.63, 3.8) is 0 Å². The number of nitrogens with one attached hydrogen (secondary N) is 1. The smallest absolute Gasteiger partial charge is 0.142 e. The van der Waals surface area contributed by atoms with Crippen LogP contribution in [-0.4, -0.2) is 30.5 Å². The molecule has 3 N–H and O–H groups in total. The molecular formula is C10H15NO3. The first-order valence-electron chi connectivity index (χ1n) is 4.42. The lowest BCUT2D eigenvalue weighted by atomic mass is 10.1. The fourth-order valence-corrected chi connectivity index (χ4v) is 1.25. The molecule has 0 atom stereocenters. The molecule has 0 aliphatic heterocycles. The van der Waals surface area contributed by atoms with Gasteiger partial charge in [-0.25, -0.2) is 0 Å². The number of aliphatic hydroxyl groups excluding tert-OH is 1. The normalized spacial score (nSPS) is 9.93. The van der Waals surface area contributed by atoms with Crippen LogP contribution in [0.15, 0.2) is 12.1 Å². The molecule has 0 heterocycles. The van der Waals surface area contributed by atoms with Gasteiger partial charge in [0.25, 0.3) is 0 Å². The predicted octanol–water partition coefficient (Wildman–Crippen LogP) is 1.11. The maximum Gasteiger partial charge on any atom is 0.142 e. The van der Waals surface area contributed by atoms with Gasteiger partial charge in [0.05, 0.1) is 19.4 Å². The molecule has 0 spiro atoms. The topological polar surface area (TPSA) is 61.7 Å². The molecular weight excluding hydrogens is 182 g/mol. The van der Waals surface area contributed by atoms with Crippen LogP contribution < -0.4 is 10.1 Å². The monoisotopic (exact) mass is 197 g/mol. The number of anilines is 1. The van der Waals surface area contributed by atoms with Gasteiger partial charge in [-0.05, 0) is 19.1 Å². The van der Waals surface area contributed by atoms with Crippen LogP contribution in [0.4, 0.5) is 5.69 Å². The minimum absolute atomic E-state index is 0.0399. The van der Waals surface area contributed by atoms with Crippen LogP contribution in [0, 0.1) is 6.92 Å². The van der Waals surface area contributed by atoms with E-state index in [4.69, 9.17) is 9.84 Å². The minimum atomic E-state index is 0.0399. The van der Waals surface area contributed by atoms with Crippen LogP contribution in [0.3, 0.4) is 0 Å². The Morgan fingerprint density at radius 2 is 2.14 bits per heavy atom. The molecule has 78 valence electrons. The molecule has 0 fully saturated rings. The highest BCUT2D eigenvalue weighted by Gasteiger charge is 2.08. The zero-order valence-electron chi connectivity index (χ0n) is 8.37. The molecule has 0 saturated carbocycles. The van der Waals surface area contributed by atoms with E-state index < -0.39 is 0 Å². The summed E-state index contributed by atoms with van der Waals surface area (Å²) >= 11 is 0. The summed E-state index contributed by atoms with van der Waals surface area (Å²) in [5.74, 6) is 0.875. The molecule has 0 aliphatic rings. The van der Waals surface area contributed by atoms with Crippen LogP contribution >= 0.6 is 0 Å². The number of ether oxygens (including phenoxy) is 1. The van der Waals surface area contributed by atoms with E-state index in [1.165, 1.54) is 0 Å². The van der Waals surface area contributed by atoms with Gasteiger partial charge in [0.1, 0.15) is 11.5 Å². The van der Waals surface area contributed by atoms with Gasteiger partial charge in [0.2, 0.25) is 0 Å². The maximum absolute atomic E-state index is 9.46. The molecule has 0 bridgehead atoms. The van der Waals surface area contributed by atoms with Gasteiger partial charge in [-0.3, -0.25) is 0 Å². The highest BCUT2D eigenvalue weighted by molar-refractivity contribution is 5.65. The van der Waals surface area contributed by atoms with E-state index >= 15 is 0 Å². The van der Waals surface area contributed by atoms with Gasteiger partial charge in [0, 0.05) is 12.1 Å². The van der Waals surface area contributed by atoms with Crippen molar-refractivity contribution in [1.29, 1.82) is 0 Å². The second-order valence-electron chi connectivity index (χ2n) is 2.94. The molecule has 1 aromatic carbocycles. The Kier molecular flexibility index (Phi) is 3.59. The fraction of sp³-hybridized carbons (Fsp3) is 0.400. The molecule has 0 amide bonds. The maximum atomic E-state index is 9.46. The number of hydrogen-bond acceptors (Lipinski definition) is 4. The summed E-state index contributed by atoms with van der Waals surface area (Å²) in [6.07, 6.45) is 0. The summed E-state index contributed by atoms with van der Waals surface area (Å²) in [5.41, 5.74) is 1.44. The van der Waals surface area contributed by atoms with Gasteiger partial charge >= 0.3 is 0 Å². The summed E-state index contributed by atoms with van der Waals surface area (Å²) in [4.78, 5) is 0. The van der Waals surface area contributed by atoms with Crippen molar-refractivity contribution in [3.8, 4) is 11.5 Å². The zero-order chi connectivity index (χ0) is 10.6. The number of hydrogen-bond donors (Lipinski definition) is 3. The van der Waals surface area contributed by atoms with Gasteiger partial charge in [-0.2, -0.15) is 0 Å². The molecule has 4 heteroatoms. The number of phenols is 1. The van der Waals surface area contributed by atoms with E-state index in [9.17, 15) is 5.11 Å². The van der Waals surface area contributed by atoms with E-state index in [0.29, 0.717) is 12.3 Å². The lowest BCUT2D eigenvalue weighted by molar-refractivity contribution is 0.310. The zero-order valence-corrected chi connectivity index (χ0v) is 8.37.